The van der Waals surface area contributed by atoms with Gasteiger partial charge in [0, 0.05) is 43.4 Å². The van der Waals surface area contributed by atoms with Gasteiger partial charge in [-0.1, -0.05) is 12.1 Å². The predicted molar refractivity (Wildman–Crippen MR) is 129 cm³/mol. The van der Waals surface area contributed by atoms with Gasteiger partial charge in [0.1, 0.15) is 0 Å². The highest BCUT2D eigenvalue weighted by Crippen LogP contribution is 2.60. The first-order chi connectivity index (χ1) is 16.1. The molecule has 7 rings (SSSR count). The second-order valence-corrected chi connectivity index (χ2v) is 12.3. The molecule has 2 saturated heterocycles. The van der Waals surface area contributed by atoms with E-state index in [9.17, 15) is 9.59 Å². The van der Waals surface area contributed by atoms with Crippen LogP contribution in [-0.4, -0.2) is 66.3 Å². The summed E-state index contributed by atoms with van der Waals surface area (Å²) in [7, 11) is 0. The monoisotopic (exact) mass is 468 g/mol. The van der Waals surface area contributed by atoms with E-state index in [4.69, 9.17) is 4.74 Å². The minimum absolute atomic E-state index is 0.0769. The summed E-state index contributed by atoms with van der Waals surface area (Å²) < 4.78 is 5.76. The number of hydrogen-bond acceptors (Lipinski definition) is 4. The predicted octanol–water partition coefficient (Wildman–Crippen LogP) is 4.46. The van der Waals surface area contributed by atoms with Crippen LogP contribution in [0.1, 0.15) is 61.7 Å². The minimum atomic E-state index is -0.0769. The van der Waals surface area contributed by atoms with Gasteiger partial charge < -0.3 is 14.5 Å². The average Bonchev–Trinajstić information content (AvgIpc) is 3.35. The molecular formula is C27H36N2O3S. The normalized spacial score (nSPS) is 35.3. The lowest BCUT2D eigenvalue weighted by atomic mass is 9.49. The molecule has 1 atom stereocenters. The Morgan fingerprint density at radius 1 is 0.939 bits per heavy atom. The molecule has 2 amide bonds. The number of rotatable bonds is 5. The van der Waals surface area contributed by atoms with E-state index in [1.807, 2.05) is 23.1 Å². The van der Waals surface area contributed by atoms with Crippen molar-refractivity contribution in [3.05, 3.63) is 29.8 Å². The van der Waals surface area contributed by atoms with Crippen molar-refractivity contribution in [2.24, 2.45) is 23.2 Å². The first-order valence-corrected chi connectivity index (χ1v) is 14.0. The van der Waals surface area contributed by atoms with Gasteiger partial charge in [0.25, 0.3) is 5.91 Å². The zero-order chi connectivity index (χ0) is 22.4. The van der Waals surface area contributed by atoms with Crippen LogP contribution in [0.4, 0.5) is 0 Å². The SMILES string of the molecule is O=C(c1ccccc1SCC1CCCO1)N1CCN(C(=O)C23CC4CC(CC(C4)C2)C3)CC1. The summed E-state index contributed by atoms with van der Waals surface area (Å²) in [5.41, 5.74) is 0.716. The van der Waals surface area contributed by atoms with Gasteiger partial charge in [-0.15, -0.1) is 11.8 Å². The Labute approximate surface area is 201 Å². The number of benzene rings is 1. The number of hydrogen-bond donors (Lipinski definition) is 0. The fraction of sp³-hybridized carbons (Fsp3) is 0.704. The zero-order valence-electron chi connectivity index (χ0n) is 19.5. The maximum absolute atomic E-state index is 13.7. The van der Waals surface area contributed by atoms with Crippen molar-refractivity contribution >= 4 is 23.6 Å². The molecule has 6 aliphatic rings. The summed E-state index contributed by atoms with van der Waals surface area (Å²) >= 11 is 1.74. The van der Waals surface area contributed by atoms with Crippen LogP contribution in [-0.2, 0) is 9.53 Å². The second kappa shape index (κ2) is 8.92. The summed E-state index contributed by atoms with van der Waals surface area (Å²) in [5, 5.41) is 0. The van der Waals surface area contributed by atoms with Gasteiger partial charge in [-0.25, -0.2) is 0 Å². The molecule has 2 aliphatic heterocycles. The van der Waals surface area contributed by atoms with Gasteiger partial charge >= 0.3 is 0 Å². The molecule has 4 bridgehead atoms. The molecule has 4 aliphatic carbocycles. The van der Waals surface area contributed by atoms with Gasteiger partial charge in [0.15, 0.2) is 0 Å². The second-order valence-electron chi connectivity index (χ2n) is 11.2. The number of thioether (sulfide) groups is 1. The Hall–Kier alpha value is -1.53. The zero-order valence-corrected chi connectivity index (χ0v) is 20.4. The van der Waals surface area contributed by atoms with Crippen molar-refractivity contribution in [2.45, 2.75) is 62.4 Å². The van der Waals surface area contributed by atoms with Crippen LogP contribution in [0.3, 0.4) is 0 Å². The Bertz CT molecular complexity index is 869. The number of carbonyl (C=O) groups excluding carboxylic acids is 2. The Kier molecular flexibility index (Phi) is 5.94. The lowest BCUT2D eigenvalue weighted by Crippen LogP contribution is -2.58. The quantitative estimate of drug-likeness (QED) is 0.599. The van der Waals surface area contributed by atoms with Crippen LogP contribution in [0.25, 0.3) is 0 Å². The third-order valence-electron chi connectivity index (χ3n) is 8.91. The molecule has 1 aromatic carbocycles. The molecular weight excluding hydrogens is 432 g/mol. The minimum Gasteiger partial charge on any atom is -0.377 e. The first-order valence-electron chi connectivity index (χ1n) is 13.0. The van der Waals surface area contributed by atoms with E-state index in [-0.39, 0.29) is 11.3 Å². The molecule has 0 N–H and O–H groups in total. The van der Waals surface area contributed by atoms with Gasteiger partial charge in [0.2, 0.25) is 5.91 Å². The van der Waals surface area contributed by atoms with Crippen molar-refractivity contribution in [3.8, 4) is 0 Å². The topological polar surface area (TPSA) is 49.9 Å². The van der Waals surface area contributed by atoms with Crippen molar-refractivity contribution in [3.63, 3.8) is 0 Å². The molecule has 0 spiro atoms. The van der Waals surface area contributed by atoms with E-state index < -0.39 is 0 Å². The maximum atomic E-state index is 13.7. The van der Waals surface area contributed by atoms with Crippen LogP contribution in [0.5, 0.6) is 0 Å². The smallest absolute Gasteiger partial charge is 0.255 e. The highest BCUT2D eigenvalue weighted by molar-refractivity contribution is 7.99. The standard InChI is InChI=1S/C27H36N2O3S/c30-25(23-5-1-2-6-24(23)33-18-22-4-3-11-32-22)28-7-9-29(10-8-28)26(31)27-15-19-12-20(16-27)14-21(13-19)17-27/h1-2,5-6,19-22H,3-4,7-18H2. The highest BCUT2D eigenvalue weighted by atomic mass is 32.2. The summed E-state index contributed by atoms with van der Waals surface area (Å²) in [5.74, 6) is 3.76. The molecule has 33 heavy (non-hydrogen) atoms. The first kappa shape index (κ1) is 22.0. The third kappa shape index (κ3) is 4.22. The summed E-state index contributed by atoms with van der Waals surface area (Å²) in [6.07, 6.45) is 9.99. The molecule has 0 radical (unpaired) electrons. The molecule has 1 aromatic rings. The van der Waals surface area contributed by atoms with E-state index in [2.05, 4.69) is 11.0 Å². The number of carbonyl (C=O) groups is 2. The van der Waals surface area contributed by atoms with Crippen molar-refractivity contribution in [2.75, 3.05) is 38.5 Å². The Balaban J connectivity index is 1.08. The van der Waals surface area contributed by atoms with Gasteiger partial charge in [-0.3, -0.25) is 9.59 Å². The fourth-order valence-corrected chi connectivity index (χ4v) is 8.83. The van der Waals surface area contributed by atoms with Crippen molar-refractivity contribution in [1.82, 2.24) is 9.80 Å². The largest absolute Gasteiger partial charge is 0.377 e. The molecule has 1 unspecified atom stereocenters. The Morgan fingerprint density at radius 3 is 2.21 bits per heavy atom. The molecule has 178 valence electrons. The van der Waals surface area contributed by atoms with Crippen LogP contribution in [0.15, 0.2) is 29.2 Å². The van der Waals surface area contributed by atoms with E-state index in [0.29, 0.717) is 38.2 Å². The van der Waals surface area contributed by atoms with Gasteiger partial charge in [-0.2, -0.15) is 0 Å². The average molecular weight is 469 g/mol. The highest BCUT2D eigenvalue weighted by Gasteiger charge is 2.55. The van der Waals surface area contributed by atoms with Crippen LogP contribution >= 0.6 is 11.8 Å². The van der Waals surface area contributed by atoms with E-state index in [1.165, 1.54) is 19.3 Å². The third-order valence-corrected chi connectivity index (χ3v) is 10.1. The van der Waals surface area contributed by atoms with Crippen molar-refractivity contribution < 1.29 is 14.3 Å². The number of ether oxygens (including phenoxy) is 1. The number of nitrogens with zero attached hydrogens (tertiary/aromatic N) is 2. The lowest BCUT2D eigenvalue weighted by molar-refractivity contribution is -0.159. The fourth-order valence-electron chi connectivity index (χ4n) is 7.72. The van der Waals surface area contributed by atoms with Crippen LogP contribution < -0.4 is 0 Å². The van der Waals surface area contributed by atoms with Crippen LogP contribution in [0.2, 0.25) is 0 Å². The molecule has 2 heterocycles. The summed E-state index contributed by atoms with van der Waals surface area (Å²) in [4.78, 5) is 32.2. The molecule has 6 fully saturated rings. The van der Waals surface area contributed by atoms with Gasteiger partial charge in [0.05, 0.1) is 17.1 Å². The number of piperazine rings is 1. The lowest BCUT2D eigenvalue weighted by Gasteiger charge is -2.57. The van der Waals surface area contributed by atoms with E-state index in [1.54, 1.807) is 11.8 Å². The summed E-state index contributed by atoms with van der Waals surface area (Å²) in [6.45, 7) is 3.50. The van der Waals surface area contributed by atoms with Crippen molar-refractivity contribution in [1.29, 1.82) is 0 Å². The molecule has 6 heteroatoms. The molecule has 4 saturated carbocycles. The molecule has 5 nitrogen and oxygen atoms in total. The number of amides is 2. The van der Waals surface area contributed by atoms with Gasteiger partial charge in [-0.05, 0) is 81.3 Å². The maximum Gasteiger partial charge on any atom is 0.255 e. The van der Waals surface area contributed by atoms with E-state index >= 15 is 0 Å². The Morgan fingerprint density at radius 2 is 1.58 bits per heavy atom. The molecule has 0 aromatic heterocycles. The van der Waals surface area contributed by atoms with Crippen LogP contribution in [0, 0.1) is 23.2 Å². The van der Waals surface area contributed by atoms with E-state index in [0.717, 1.165) is 72.7 Å². The summed E-state index contributed by atoms with van der Waals surface area (Å²) in [6, 6.07) is 7.97.